The minimum Gasteiger partial charge on any atom is -0.353 e. The van der Waals surface area contributed by atoms with Crippen LogP contribution >= 0.6 is 0 Å². The van der Waals surface area contributed by atoms with E-state index in [2.05, 4.69) is 14.9 Å². The molecular weight excluding hydrogens is 294 g/mol. The highest BCUT2D eigenvalue weighted by atomic mass is 16.2. The van der Waals surface area contributed by atoms with Crippen LogP contribution in [0.4, 0.5) is 5.82 Å². The molecule has 0 aromatic carbocycles. The molecule has 3 rings (SSSR count). The van der Waals surface area contributed by atoms with Crippen LogP contribution in [0.1, 0.15) is 36.1 Å². The SMILES string of the molecule is CC(=O)N1CCN(c2cc(C(=O)N3CCCC3)nc(C)n2)CC1. The minimum atomic E-state index is -0.00313. The number of aryl methyl sites for hydroxylation is 1. The first kappa shape index (κ1) is 15.7. The molecule has 2 aliphatic rings. The average Bonchev–Trinajstić information content (AvgIpc) is 3.08. The summed E-state index contributed by atoms with van der Waals surface area (Å²) in [6.45, 7) is 7.87. The van der Waals surface area contributed by atoms with Crippen molar-refractivity contribution in [2.24, 2.45) is 0 Å². The lowest BCUT2D eigenvalue weighted by Gasteiger charge is -2.35. The number of hydrogen-bond donors (Lipinski definition) is 0. The van der Waals surface area contributed by atoms with Gasteiger partial charge < -0.3 is 14.7 Å². The number of carbonyl (C=O) groups is 2. The summed E-state index contributed by atoms with van der Waals surface area (Å²) in [7, 11) is 0. The fraction of sp³-hybridized carbons (Fsp3) is 0.625. The van der Waals surface area contributed by atoms with E-state index < -0.39 is 0 Å². The number of amides is 2. The van der Waals surface area contributed by atoms with E-state index >= 15 is 0 Å². The average molecular weight is 317 g/mol. The van der Waals surface area contributed by atoms with Crippen LogP contribution in [0.2, 0.25) is 0 Å². The molecule has 0 aliphatic carbocycles. The molecule has 0 saturated carbocycles. The Morgan fingerprint density at radius 1 is 0.957 bits per heavy atom. The van der Waals surface area contributed by atoms with E-state index in [1.54, 1.807) is 13.0 Å². The second kappa shape index (κ2) is 6.52. The Morgan fingerprint density at radius 2 is 1.61 bits per heavy atom. The summed E-state index contributed by atoms with van der Waals surface area (Å²) in [5.41, 5.74) is 0.475. The van der Waals surface area contributed by atoms with Gasteiger partial charge in [0.2, 0.25) is 5.91 Å². The molecule has 2 fully saturated rings. The molecule has 2 saturated heterocycles. The summed E-state index contributed by atoms with van der Waals surface area (Å²) in [5, 5.41) is 0. The summed E-state index contributed by atoms with van der Waals surface area (Å²) >= 11 is 0. The first-order chi connectivity index (χ1) is 11.0. The van der Waals surface area contributed by atoms with Crippen LogP contribution in [-0.4, -0.2) is 70.9 Å². The molecule has 0 spiro atoms. The van der Waals surface area contributed by atoms with E-state index in [1.165, 1.54) is 0 Å². The van der Waals surface area contributed by atoms with Crippen LogP contribution in [0, 0.1) is 6.92 Å². The fourth-order valence-electron chi connectivity index (χ4n) is 3.16. The lowest BCUT2D eigenvalue weighted by Crippen LogP contribution is -2.48. The fourth-order valence-corrected chi connectivity index (χ4v) is 3.16. The Balaban J connectivity index is 1.75. The van der Waals surface area contributed by atoms with Crippen LogP contribution in [0.5, 0.6) is 0 Å². The van der Waals surface area contributed by atoms with Crippen LogP contribution < -0.4 is 4.90 Å². The number of piperazine rings is 1. The van der Waals surface area contributed by atoms with E-state index in [0.29, 0.717) is 24.6 Å². The number of hydrogen-bond acceptors (Lipinski definition) is 5. The molecule has 0 bridgehead atoms. The van der Waals surface area contributed by atoms with Gasteiger partial charge in [-0.05, 0) is 19.8 Å². The first-order valence-electron chi connectivity index (χ1n) is 8.20. The van der Waals surface area contributed by atoms with Crippen molar-refractivity contribution >= 4 is 17.6 Å². The molecule has 0 N–H and O–H groups in total. The molecule has 7 nitrogen and oxygen atoms in total. The minimum absolute atomic E-state index is 0.00313. The highest BCUT2D eigenvalue weighted by molar-refractivity contribution is 5.93. The number of likely N-dealkylation sites (tertiary alicyclic amines) is 1. The molecule has 2 aliphatic heterocycles. The Morgan fingerprint density at radius 3 is 2.22 bits per heavy atom. The smallest absolute Gasteiger partial charge is 0.272 e. The molecule has 7 heteroatoms. The summed E-state index contributed by atoms with van der Waals surface area (Å²) < 4.78 is 0. The summed E-state index contributed by atoms with van der Waals surface area (Å²) in [6.07, 6.45) is 2.13. The van der Waals surface area contributed by atoms with Crippen molar-refractivity contribution in [1.82, 2.24) is 19.8 Å². The molecule has 0 radical (unpaired) electrons. The summed E-state index contributed by atoms with van der Waals surface area (Å²) in [4.78, 5) is 38.6. The van der Waals surface area contributed by atoms with Crippen molar-refractivity contribution in [2.75, 3.05) is 44.2 Å². The van der Waals surface area contributed by atoms with E-state index in [4.69, 9.17) is 0 Å². The third-order valence-electron chi connectivity index (χ3n) is 4.49. The van der Waals surface area contributed by atoms with Gasteiger partial charge in [-0.3, -0.25) is 9.59 Å². The topological polar surface area (TPSA) is 69.6 Å². The van der Waals surface area contributed by atoms with Gasteiger partial charge in [0.15, 0.2) is 0 Å². The zero-order valence-corrected chi connectivity index (χ0v) is 13.8. The maximum atomic E-state index is 12.5. The van der Waals surface area contributed by atoms with Gasteiger partial charge >= 0.3 is 0 Å². The Labute approximate surface area is 136 Å². The van der Waals surface area contributed by atoms with Gasteiger partial charge in [-0.15, -0.1) is 0 Å². The molecule has 0 unspecified atom stereocenters. The van der Waals surface area contributed by atoms with Crippen molar-refractivity contribution < 1.29 is 9.59 Å². The number of nitrogens with zero attached hydrogens (tertiary/aromatic N) is 5. The van der Waals surface area contributed by atoms with Gasteiger partial charge in [0.1, 0.15) is 17.3 Å². The molecule has 0 atom stereocenters. The second-order valence-corrected chi connectivity index (χ2v) is 6.15. The Bertz CT molecular complexity index is 604. The normalized spacial score (nSPS) is 18.4. The maximum absolute atomic E-state index is 12.5. The zero-order chi connectivity index (χ0) is 16.4. The molecule has 124 valence electrons. The second-order valence-electron chi connectivity index (χ2n) is 6.15. The number of aromatic nitrogens is 2. The van der Waals surface area contributed by atoms with E-state index in [-0.39, 0.29) is 11.8 Å². The number of carbonyl (C=O) groups excluding carboxylic acids is 2. The summed E-state index contributed by atoms with van der Waals surface area (Å²) in [5.74, 6) is 1.49. The number of rotatable bonds is 2. The lowest BCUT2D eigenvalue weighted by molar-refractivity contribution is -0.129. The highest BCUT2D eigenvalue weighted by Crippen LogP contribution is 2.18. The molecule has 2 amide bonds. The lowest BCUT2D eigenvalue weighted by atomic mass is 10.2. The van der Waals surface area contributed by atoms with Crippen LogP contribution in [-0.2, 0) is 4.79 Å². The zero-order valence-electron chi connectivity index (χ0n) is 13.8. The molecule has 1 aromatic heterocycles. The van der Waals surface area contributed by atoms with Gasteiger partial charge in [-0.2, -0.15) is 0 Å². The van der Waals surface area contributed by atoms with Crippen molar-refractivity contribution in [3.05, 3.63) is 17.6 Å². The number of anilines is 1. The van der Waals surface area contributed by atoms with Gasteiger partial charge in [-0.1, -0.05) is 0 Å². The van der Waals surface area contributed by atoms with E-state index in [0.717, 1.165) is 44.8 Å². The molecule has 23 heavy (non-hydrogen) atoms. The van der Waals surface area contributed by atoms with E-state index in [9.17, 15) is 9.59 Å². The van der Waals surface area contributed by atoms with Crippen molar-refractivity contribution in [3.63, 3.8) is 0 Å². The standard InChI is InChI=1S/C16H23N5O2/c1-12-17-14(16(23)21-5-3-4-6-21)11-15(18-12)20-9-7-19(8-10-20)13(2)22/h11H,3-10H2,1-2H3. The van der Waals surface area contributed by atoms with Gasteiger partial charge in [0.25, 0.3) is 5.91 Å². The molecular formula is C16H23N5O2. The maximum Gasteiger partial charge on any atom is 0.272 e. The largest absolute Gasteiger partial charge is 0.353 e. The third-order valence-corrected chi connectivity index (χ3v) is 4.49. The van der Waals surface area contributed by atoms with Crippen LogP contribution in [0.3, 0.4) is 0 Å². The predicted octanol–water partition coefficient (Wildman–Crippen LogP) is 0.690. The van der Waals surface area contributed by atoms with Crippen molar-refractivity contribution in [3.8, 4) is 0 Å². The van der Waals surface area contributed by atoms with Crippen LogP contribution in [0.15, 0.2) is 6.07 Å². The quantitative estimate of drug-likeness (QED) is 0.803. The van der Waals surface area contributed by atoms with Crippen molar-refractivity contribution in [2.45, 2.75) is 26.7 Å². The Hall–Kier alpha value is -2.18. The first-order valence-corrected chi connectivity index (χ1v) is 8.20. The molecule has 1 aromatic rings. The van der Waals surface area contributed by atoms with Gasteiger partial charge in [0.05, 0.1) is 0 Å². The third kappa shape index (κ3) is 3.43. The van der Waals surface area contributed by atoms with Gasteiger partial charge in [0, 0.05) is 52.3 Å². The highest BCUT2D eigenvalue weighted by Gasteiger charge is 2.24. The monoisotopic (exact) mass is 317 g/mol. The van der Waals surface area contributed by atoms with E-state index in [1.807, 2.05) is 16.7 Å². The molecule has 3 heterocycles. The predicted molar refractivity (Wildman–Crippen MR) is 86.4 cm³/mol. The van der Waals surface area contributed by atoms with Gasteiger partial charge in [-0.25, -0.2) is 9.97 Å². The summed E-state index contributed by atoms with van der Waals surface area (Å²) in [6, 6.07) is 1.79. The van der Waals surface area contributed by atoms with Crippen LogP contribution in [0.25, 0.3) is 0 Å². The van der Waals surface area contributed by atoms with Crippen molar-refractivity contribution in [1.29, 1.82) is 0 Å². The Kier molecular flexibility index (Phi) is 4.45.